The first-order valence-electron chi connectivity index (χ1n) is 5.39. The molecule has 0 radical (unpaired) electrons. The Morgan fingerprint density at radius 2 is 2.21 bits per heavy atom. The second-order valence-corrected chi connectivity index (χ2v) is 6.14. The van der Waals surface area contributed by atoms with Gasteiger partial charge in [-0.05, 0) is 44.2 Å². The van der Waals surface area contributed by atoms with Crippen molar-refractivity contribution < 1.29 is 0 Å². The van der Waals surface area contributed by atoms with E-state index >= 15 is 0 Å². The molecule has 0 aliphatic heterocycles. The van der Waals surface area contributed by atoms with Crippen LogP contribution < -0.4 is 5.32 Å². The lowest BCUT2D eigenvalue weighted by atomic mass is 10.0. The summed E-state index contributed by atoms with van der Waals surface area (Å²) in [4.78, 5) is 2.87. The Hall–Kier alpha value is -0.340. The van der Waals surface area contributed by atoms with Crippen molar-refractivity contribution in [2.24, 2.45) is 5.41 Å². The molecule has 14 heavy (non-hydrogen) atoms. The summed E-state index contributed by atoms with van der Waals surface area (Å²) in [5.41, 5.74) is 0.590. The van der Waals surface area contributed by atoms with E-state index < -0.39 is 0 Å². The molecule has 1 atom stereocenters. The van der Waals surface area contributed by atoms with Crippen LogP contribution in [0.2, 0.25) is 0 Å². The van der Waals surface area contributed by atoms with Gasteiger partial charge in [-0.25, -0.2) is 0 Å². The van der Waals surface area contributed by atoms with Gasteiger partial charge in [-0.1, -0.05) is 6.92 Å². The molecule has 2 heteroatoms. The molecule has 1 nitrogen and oxygen atoms in total. The van der Waals surface area contributed by atoms with Gasteiger partial charge in [0, 0.05) is 22.3 Å². The van der Waals surface area contributed by atoms with E-state index in [0.717, 1.165) is 6.54 Å². The quantitative estimate of drug-likeness (QED) is 0.802. The van der Waals surface area contributed by atoms with Crippen LogP contribution in [0.5, 0.6) is 0 Å². The molecule has 1 aliphatic carbocycles. The minimum absolute atomic E-state index is 0.590. The SMILES string of the molecule is Cc1ccc(CNC(C)C2(C)CC2)s1. The van der Waals surface area contributed by atoms with Gasteiger partial charge in [0.15, 0.2) is 0 Å². The fourth-order valence-corrected chi connectivity index (χ4v) is 2.55. The van der Waals surface area contributed by atoms with E-state index in [-0.39, 0.29) is 0 Å². The summed E-state index contributed by atoms with van der Waals surface area (Å²) in [6, 6.07) is 5.09. The highest BCUT2D eigenvalue weighted by Gasteiger charge is 2.42. The Labute approximate surface area is 90.5 Å². The molecule has 2 rings (SSSR count). The molecular weight excluding hydrogens is 190 g/mol. The highest BCUT2D eigenvalue weighted by molar-refractivity contribution is 7.11. The molecule has 1 saturated carbocycles. The molecule has 0 saturated heterocycles. The summed E-state index contributed by atoms with van der Waals surface area (Å²) in [6.45, 7) is 7.90. The number of hydrogen-bond donors (Lipinski definition) is 1. The molecule has 1 unspecified atom stereocenters. The first kappa shape index (κ1) is 10.2. The van der Waals surface area contributed by atoms with E-state index in [2.05, 4.69) is 38.2 Å². The van der Waals surface area contributed by atoms with Crippen molar-refractivity contribution in [3.63, 3.8) is 0 Å². The smallest absolute Gasteiger partial charge is 0.0302 e. The number of aryl methyl sites for hydroxylation is 1. The fourth-order valence-electron chi connectivity index (χ4n) is 1.71. The summed E-state index contributed by atoms with van der Waals surface area (Å²) in [6.07, 6.45) is 2.79. The number of nitrogens with one attached hydrogen (secondary N) is 1. The van der Waals surface area contributed by atoms with Crippen LogP contribution in [0.3, 0.4) is 0 Å². The largest absolute Gasteiger partial charge is 0.309 e. The van der Waals surface area contributed by atoms with Gasteiger partial charge in [0.1, 0.15) is 0 Å². The molecule has 0 spiro atoms. The number of rotatable bonds is 4. The molecule has 0 aromatic carbocycles. The second-order valence-electron chi connectivity index (χ2n) is 4.77. The van der Waals surface area contributed by atoms with E-state index in [1.807, 2.05) is 11.3 Å². The van der Waals surface area contributed by atoms with Crippen LogP contribution in [0.25, 0.3) is 0 Å². The van der Waals surface area contributed by atoms with Crippen LogP contribution in [-0.2, 0) is 6.54 Å². The van der Waals surface area contributed by atoms with Crippen molar-refractivity contribution in [2.75, 3.05) is 0 Å². The normalized spacial score (nSPS) is 20.8. The molecular formula is C12H19NS. The standard InChI is InChI=1S/C12H19NS/c1-9-4-5-11(14-9)8-13-10(2)12(3)6-7-12/h4-5,10,13H,6-8H2,1-3H3. The minimum Gasteiger partial charge on any atom is -0.309 e. The molecule has 1 aromatic rings. The van der Waals surface area contributed by atoms with E-state index in [9.17, 15) is 0 Å². The van der Waals surface area contributed by atoms with E-state index in [0.29, 0.717) is 11.5 Å². The fraction of sp³-hybridized carbons (Fsp3) is 0.667. The summed E-state index contributed by atoms with van der Waals surface area (Å²) >= 11 is 1.90. The van der Waals surface area contributed by atoms with Gasteiger partial charge in [-0.15, -0.1) is 11.3 Å². The molecule has 1 aliphatic rings. The maximum atomic E-state index is 3.63. The molecule has 78 valence electrons. The third-order valence-electron chi connectivity index (χ3n) is 3.46. The molecule has 1 aromatic heterocycles. The average molecular weight is 209 g/mol. The van der Waals surface area contributed by atoms with Gasteiger partial charge in [0.25, 0.3) is 0 Å². The van der Waals surface area contributed by atoms with E-state index in [4.69, 9.17) is 0 Å². The van der Waals surface area contributed by atoms with Gasteiger partial charge in [-0.2, -0.15) is 0 Å². The van der Waals surface area contributed by atoms with Crippen LogP contribution in [0.15, 0.2) is 12.1 Å². The highest BCUT2D eigenvalue weighted by Crippen LogP contribution is 2.47. The van der Waals surface area contributed by atoms with Gasteiger partial charge >= 0.3 is 0 Å². The highest BCUT2D eigenvalue weighted by atomic mass is 32.1. The first-order chi connectivity index (χ1) is 6.60. The summed E-state index contributed by atoms with van der Waals surface area (Å²) in [5.74, 6) is 0. The number of thiophene rings is 1. The monoisotopic (exact) mass is 209 g/mol. The summed E-state index contributed by atoms with van der Waals surface area (Å²) in [7, 11) is 0. The Kier molecular flexibility index (Phi) is 2.67. The summed E-state index contributed by atoms with van der Waals surface area (Å²) < 4.78 is 0. The average Bonchev–Trinajstić information content (AvgIpc) is 2.76. The van der Waals surface area contributed by atoms with Crippen molar-refractivity contribution >= 4 is 11.3 Å². The zero-order valence-corrected chi connectivity index (χ0v) is 10.1. The predicted molar refractivity (Wildman–Crippen MR) is 62.7 cm³/mol. The number of hydrogen-bond acceptors (Lipinski definition) is 2. The van der Waals surface area contributed by atoms with Crippen molar-refractivity contribution in [3.05, 3.63) is 21.9 Å². The van der Waals surface area contributed by atoms with Crippen LogP contribution in [0.4, 0.5) is 0 Å². The molecule has 1 N–H and O–H groups in total. The van der Waals surface area contributed by atoms with Gasteiger partial charge in [0.05, 0.1) is 0 Å². The zero-order chi connectivity index (χ0) is 10.2. The third-order valence-corrected chi connectivity index (χ3v) is 4.46. The topological polar surface area (TPSA) is 12.0 Å². The third kappa shape index (κ3) is 2.18. The zero-order valence-electron chi connectivity index (χ0n) is 9.26. The predicted octanol–water partition coefficient (Wildman–Crippen LogP) is 3.33. The maximum absolute atomic E-state index is 3.63. The Morgan fingerprint density at radius 3 is 2.71 bits per heavy atom. The van der Waals surface area contributed by atoms with E-state index in [1.54, 1.807) is 0 Å². The Balaban J connectivity index is 1.82. The van der Waals surface area contributed by atoms with Crippen LogP contribution in [-0.4, -0.2) is 6.04 Å². The van der Waals surface area contributed by atoms with Crippen LogP contribution in [0, 0.1) is 12.3 Å². The van der Waals surface area contributed by atoms with Gasteiger partial charge in [0.2, 0.25) is 0 Å². The van der Waals surface area contributed by atoms with Gasteiger partial charge in [-0.3, -0.25) is 0 Å². The van der Waals surface area contributed by atoms with Crippen molar-refractivity contribution in [3.8, 4) is 0 Å². The second kappa shape index (κ2) is 3.67. The lowest BCUT2D eigenvalue weighted by molar-refractivity contribution is 0.381. The van der Waals surface area contributed by atoms with Crippen LogP contribution in [0.1, 0.15) is 36.4 Å². The van der Waals surface area contributed by atoms with Crippen molar-refractivity contribution in [1.82, 2.24) is 5.32 Å². The Bertz CT molecular complexity index is 312. The molecule has 0 amide bonds. The lowest BCUT2D eigenvalue weighted by Gasteiger charge is -2.19. The molecule has 1 fully saturated rings. The van der Waals surface area contributed by atoms with Crippen molar-refractivity contribution in [2.45, 2.75) is 46.2 Å². The van der Waals surface area contributed by atoms with Crippen molar-refractivity contribution in [1.29, 1.82) is 0 Å². The first-order valence-corrected chi connectivity index (χ1v) is 6.20. The Morgan fingerprint density at radius 1 is 1.50 bits per heavy atom. The van der Waals surface area contributed by atoms with E-state index in [1.165, 1.54) is 22.6 Å². The molecule has 1 heterocycles. The van der Waals surface area contributed by atoms with Crippen LogP contribution >= 0.6 is 11.3 Å². The summed E-state index contributed by atoms with van der Waals surface area (Å²) in [5, 5.41) is 3.63. The molecule has 0 bridgehead atoms. The lowest BCUT2D eigenvalue weighted by Crippen LogP contribution is -2.32. The maximum Gasteiger partial charge on any atom is 0.0302 e. The minimum atomic E-state index is 0.590. The van der Waals surface area contributed by atoms with Gasteiger partial charge < -0.3 is 5.32 Å².